The fourth-order valence-electron chi connectivity index (χ4n) is 3.95. The second-order valence-corrected chi connectivity index (χ2v) is 9.06. The summed E-state index contributed by atoms with van der Waals surface area (Å²) >= 11 is 0. The second-order valence-electron chi connectivity index (χ2n) is 9.06. The molecule has 0 aliphatic heterocycles. The number of hydrogen-bond acceptors (Lipinski definition) is 6. The molecule has 0 fully saturated rings. The van der Waals surface area contributed by atoms with Crippen LogP contribution in [0.25, 0.3) is 34.9 Å². The second kappa shape index (κ2) is 14.7. The molecule has 6 rings (SSSR count). The largest absolute Gasteiger partial charge is 0.331 e. The van der Waals surface area contributed by atoms with E-state index in [4.69, 9.17) is 6.42 Å². The van der Waals surface area contributed by atoms with Crippen LogP contribution in [0.5, 0.6) is 0 Å². The van der Waals surface area contributed by atoms with Crippen LogP contribution in [-0.2, 0) is 61.6 Å². The zero-order valence-electron chi connectivity index (χ0n) is 23.8. The third-order valence-corrected chi connectivity index (χ3v) is 6.14. The van der Waals surface area contributed by atoms with E-state index in [1.54, 1.807) is 37.2 Å². The molecule has 0 aliphatic carbocycles. The van der Waals surface area contributed by atoms with Gasteiger partial charge in [-0.1, -0.05) is 0 Å². The Bertz CT molecular complexity index is 1520. The Kier molecular flexibility index (Phi) is 11.1. The predicted octanol–water partition coefficient (Wildman–Crippen LogP) is 3.34. The van der Waals surface area contributed by atoms with E-state index < -0.39 is 0 Å². The van der Waals surface area contributed by atoms with Crippen LogP contribution in [0.3, 0.4) is 0 Å². The van der Waals surface area contributed by atoms with Crippen molar-refractivity contribution >= 4 is 0 Å². The molecule has 0 radical (unpaired) electrons. The Labute approximate surface area is 252 Å². The number of imidazole rings is 6. The van der Waals surface area contributed by atoms with Crippen LogP contribution >= 0.6 is 0 Å². The molecule has 0 saturated heterocycles. The van der Waals surface area contributed by atoms with E-state index in [2.05, 4.69) is 40.4 Å². The zero-order valence-corrected chi connectivity index (χ0v) is 26.4. The first-order valence-electron chi connectivity index (χ1n) is 12.7. The van der Waals surface area contributed by atoms with Gasteiger partial charge in [0.1, 0.15) is 0 Å². The van der Waals surface area contributed by atoms with E-state index in [9.17, 15) is 0 Å². The molecule has 41 heavy (non-hydrogen) atoms. The van der Waals surface area contributed by atoms with Gasteiger partial charge >= 0.3 is 0 Å². The van der Waals surface area contributed by atoms with Crippen LogP contribution in [-0.4, -0.2) is 57.3 Å². The maximum atomic E-state index is 5.23. The Morgan fingerprint density at radius 3 is 1.10 bits per heavy atom. The molecule has 0 saturated carbocycles. The molecule has 0 bridgehead atoms. The molecule has 214 valence electrons. The minimum atomic E-state index is 0. The van der Waals surface area contributed by atoms with Crippen LogP contribution < -0.4 is 0 Å². The predicted molar refractivity (Wildman–Crippen MR) is 153 cm³/mol. The van der Waals surface area contributed by atoms with Crippen molar-refractivity contribution < 1.29 is 19.8 Å². The number of hydrogen-bond donors (Lipinski definition) is 0. The number of unbranched alkanes of at least 4 members (excludes halogenated alkanes) is 1. The van der Waals surface area contributed by atoms with Gasteiger partial charge in [0.05, 0.1) is 0 Å². The quantitative estimate of drug-likeness (QED) is 0.193. The van der Waals surface area contributed by atoms with Gasteiger partial charge in [-0.2, -0.15) is 0 Å². The molecule has 0 spiro atoms. The fraction of sp³-hybridized carbons (Fsp3) is 0.286. The van der Waals surface area contributed by atoms with Crippen LogP contribution in [0.15, 0.2) is 74.4 Å². The molecule has 0 aliphatic rings. The molecule has 6 aromatic rings. The Balaban J connectivity index is 0.000000169. The summed E-state index contributed by atoms with van der Waals surface area (Å²) in [6.07, 6.45) is 29.1. The topological polar surface area (TPSA) is 107 Å². The Hall–Kier alpha value is -4.54. The van der Waals surface area contributed by atoms with Gasteiger partial charge in [0.15, 0.2) is 34.9 Å². The van der Waals surface area contributed by atoms with Gasteiger partial charge in [-0.15, -0.1) is 12.3 Å². The van der Waals surface area contributed by atoms with Crippen LogP contribution in [0.2, 0.25) is 0 Å². The van der Waals surface area contributed by atoms with Crippen molar-refractivity contribution in [1.29, 1.82) is 0 Å². The molecule has 0 unspecified atom stereocenters. The normalized spacial score (nSPS) is 10.1. The van der Waals surface area contributed by atoms with Crippen molar-refractivity contribution in [2.45, 2.75) is 19.4 Å². The Morgan fingerprint density at radius 1 is 0.512 bits per heavy atom. The van der Waals surface area contributed by atoms with Crippen LogP contribution in [0.4, 0.5) is 0 Å². The maximum Gasteiger partial charge on any atom is 0.176 e. The molecule has 0 atom stereocenters. The average molecular weight is 729 g/mol. The van der Waals surface area contributed by atoms with Gasteiger partial charge in [0, 0.05) is 142 Å². The molecule has 6 heterocycles. The van der Waals surface area contributed by atoms with Crippen molar-refractivity contribution in [3.63, 3.8) is 0 Å². The average Bonchev–Trinajstić information content (AvgIpc) is 3.77. The Morgan fingerprint density at radius 2 is 0.805 bits per heavy atom. The summed E-state index contributed by atoms with van der Waals surface area (Å²) < 4.78 is 11.8. The van der Waals surface area contributed by atoms with E-state index >= 15 is 0 Å². The molecule has 0 N–H and O–H groups in total. The smallest absolute Gasteiger partial charge is 0.176 e. The third kappa shape index (κ3) is 7.56. The minimum absolute atomic E-state index is 0. The van der Waals surface area contributed by atoms with E-state index in [0.717, 1.165) is 54.3 Å². The van der Waals surface area contributed by atoms with E-state index in [0.29, 0.717) is 0 Å². The van der Waals surface area contributed by atoms with Gasteiger partial charge < -0.3 is 27.4 Å². The number of aryl methyl sites for hydroxylation is 6. The van der Waals surface area contributed by atoms with Crippen molar-refractivity contribution in [1.82, 2.24) is 57.3 Å². The van der Waals surface area contributed by atoms with Crippen LogP contribution in [0.1, 0.15) is 12.8 Å². The first-order chi connectivity index (χ1) is 19.4. The third-order valence-electron chi connectivity index (χ3n) is 6.14. The molecular formula is C28H34N12Os. The summed E-state index contributed by atoms with van der Waals surface area (Å²) in [4.78, 5) is 25.4. The minimum Gasteiger partial charge on any atom is -0.331 e. The summed E-state index contributed by atoms with van der Waals surface area (Å²) in [5.74, 6) is 7.98. The molecule has 0 amide bonds. The number of rotatable bonds is 6. The van der Waals surface area contributed by atoms with Crippen molar-refractivity contribution in [3.05, 3.63) is 74.4 Å². The first-order valence-corrected chi connectivity index (χ1v) is 12.7. The molecular weight excluding hydrogens is 695 g/mol. The van der Waals surface area contributed by atoms with E-state index in [1.165, 1.54) is 0 Å². The van der Waals surface area contributed by atoms with E-state index in [1.807, 2.05) is 95.3 Å². The monoisotopic (exact) mass is 730 g/mol. The molecule has 6 aromatic heterocycles. The first kappa shape index (κ1) is 31.0. The standard InChI is InChI=1S/C12H14N4.2C8H10N4.Os/c1-3-4-5-8-16-10-7-14-12(16)11-13-6-9-15(11)2;2*1-11-5-3-9-7(11)8-10-4-6-12(8)2;/h1,6-7,9-10H,4-5,8H2,2H3;2*3-6H,1-2H3;. The summed E-state index contributed by atoms with van der Waals surface area (Å²) in [6, 6.07) is 0. The zero-order chi connectivity index (χ0) is 28.5. The molecule has 13 heteroatoms. The maximum absolute atomic E-state index is 5.23. The molecule has 0 aromatic carbocycles. The van der Waals surface area contributed by atoms with Crippen LogP contribution in [0, 0.1) is 12.3 Å². The summed E-state index contributed by atoms with van der Waals surface area (Å²) in [5.41, 5.74) is 0. The molecule has 12 nitrogen and oxygen atoms in total. The van der Waals surface area contributed by atoms with Gasteiger partial charge in [0.2, 0.25) is 0 Å². The summed E-state index contributed by atoms with van der Waals surface area (Å²) in [5, 5.41) is 0. The van der Waals surface area contributed by atoms with Gasteiger partial charge in [-0.25, -0.2) is 29.9 Å². The van der Waals surface area contributed by atoms with Crippen molar-refractivity contribution in [3.8, 4) is 47.3 Å². The summed E-state index contributed by atoms with van der Waals surface area (Å²) in [6.45, 7) is 0.881. The van der Waals surface area contributed by atoms with Gasteiger partial charge in [-0.3, -0.25) is 0 Å². The van der Waals surface area contributed by atoms with Gasteiger partial charge in [-0.05, 0) is 6.42 Å². The van der Waals surface area contributed by atoms with Crippen molar-refractivity contribution in [2.24, 2.45) is 35.2 Å². The fourth-order valence-corrected chi connectivity index (χ4v) is 3.95. The number of aromatic nitrogens is 12. The van der Waals surface area contributed by atoms with Gasteiger partial charge in [0.25, 0.3) is 0 Å². The summed E-state index contributed by atoms with van der Waals surface area (Å²) in [7, 11) is 9.78. The number of terminal acetylenes is 1. The SMILES string of the molecule is C#CCCCn1ccnc1-c1nccn1C.Cn1ccnc1-c1nccn1C.Cn1ccnc1-c1nccn1C.[Os]. The number of nitrogens with zero attached hydrogens (tertiary/aromatic N) is 12. The van der Waals surface area contributed by atoms with E-state index in [-0.39, 0.29) is 19.8 Å². The van der Waals surface area contributed by atoms with Crippen molar-refractivity contribution in [2.75, 3.05) is 0 Å².